The Morgan fingerprint density at radius 3 is 2.46 bits per heavy atom. The zero-order valence-electron chi connectivity index (χ0n) is 16.4. The number of rotatable bonds is 6. The van der Waals surface area contributed by atoms with Gasteiger partial charge in [-0.2, -0.15) is 5.10 Å². The van der Waals surface area contributed by atoms with Crippen LogP contribution in [0.3, 0.4) is 0 Å². The van der Waals surface area contributed by atoms with Crippen LogP contribution >= 0.6 is 0 Å². The van der Waals surface area contributed by atoms with Gasteiger partial charge in [-0.25, -0.2) is 4.68 Å². The quantitative estimate of drug-likeness (QED) is 0.710. The molecule has 1 heterocycles. The Balaban J connectivity index is 1.97. The number of nitrogens with one attached hydrogen (secondary N) is 1. The Labute approximate surface area is 162 Å². The maximum absolute atomic E-state index is 12.9. The number of benzene rings is 2. The van der Waals surface area contributed by atoms with E-state index in [0.29, 0.717) is 22.3 Å². The lowest BCUT2D eigenvalue weighted by molar-refractivity contribution is 0.0945. The number of nitrogens with zero attached hydrogens (tertiary/aromatic N) is 2. The van der Waals surface area contributed by atoms with Gasteiger partial charge >= 0.3 is 0 Å². The van der Waals surface area contributed by atoms with Crippen molar-refractivity contribution in [2.24, 2.45) is 0 Å². The highest BCUT2D eigenvalue weighted by Crippen LogP contribution is 2.24. The smallest absolute Gasteiger partial charge is 0.274 e. The lowest BCUT2D eigenvalue weighted by atomic mass is 10.1. The molecular weight excluding hydrogens is 358 g/mol. The van der Waals surface area contributed by atoms with Crippen LogP contribution in [-0.4, -0.2) is 29.9 Å². The molecule has 0 saturated heterocycles. The molecule has 3 aromatic rings. The first-order chi connectivity index (χ1) is 13.5. The average Bonchev–Trinajstić information content (AvgIpc) is 2.71. The van der Waals surface area contributed by atoms with Crippen LogP contribution in [0.2, 0.25) is 0 Å². The third kappa shape index (κ3) is 3.69. The molecule has 7 heteroatoms. The molecule has 2 aromatic carbocycles. The molecule has 0 aliphatic rings. The predicted octanol–water partition coefficient (Wildman–Crippen LogP) is 2.92. The maximum atomic E-state index is 12.9. The summed E-state index contributed by atoms with van der Waals surface area (Å²) in [6.45, 7) is 3.94. The van der Waals surface area contributed by atoms with Crippen molar-refractivity contribution in [2.45, 2.75) is 26.4 Å². The first-order valence-electron chi connectivity index (χ1n) is 8.97. The first-order valence-corrected chi connectivity index (χ1v) is 8.97. The molecule has 0 radical (unpaired) electrons. The Morgan fingerprint density at radius 1 is 1.11 bits per heavy atom. The molecule has 1 amide bonds. The molecule has 0 saturated carbocycles. The third-order valence-electron chi connectivity index (χ3n) is 4.46. The van der Waals surface area contributed by atoms with Crippen LogP contribution in [0.1, 0.15) is 35.9 Å². The average molecular weight is 381 g/mol. The van der Waals surface area contributed by atoms with E-state index in [4.69, 9.17) is 9.47 Å². The van der Waals surface area contributed by atoms with E-state index in [0.717, 1.165) is 5.56 Å². The minimum Gasteiger partial charge on any atom is -0.497 e. The van der Waals surface area contributed by atoms with Crippen molar-refractivity contribution in [3.63, 3.8) is 0 Å². The number of hydrogen-bond donors (Lipinski definition) is 1. The highest BCUT2D eigenvalue weighted by molar-refractivity contribution is 6.04. The summed E-state index contributed by atoms with van der Waals surface area (Å²) in [7, 11) is 3.15. The molecule has 7 nitrogen and oxygen atoms in total. The van der Waals surface area contributed by atoms with Crippen molar-refractivity contribution in [3.05, 3.63) is 64.1 Å². The molecule has 0 unspecified atom stereocenters. The zero-order valence-corrected chi connectivity index (χ0v) is 16.4. The van der Waals surface area contributed by atoms with E-state index >= 15 is 0 Å². The first kappa shape index (κ1) is 19.4. The standard InChI is InChI=1S/C21H23N3O4/c1-13(2)24-21(26)17-8-6-5-7-16(17)19(23-24)20(25)22-12-14-11-15(27-3)9-10-18(14)28-4/h5-11,13H,12H2,1-4H3,(H,22,25). The number of carbonyl (C=O) groups excluding carboxylic acids is 1. The van der Waals surface area contributed by atoms with Crippen LogP contribution < -0.4 is 20.3 Å². The van der Waals surface area contributed by atoms with Crippen molar-refractivity contribution in [2.75, 3.05) is 14.2 Å². The Morgan fingerprint density at radius 2 is 1.82 bits per heavy atom. The number of methoxy groups -OCH3 is 2. The second-order valence-corrected chi connectivity index (χ2v) is 6.60. The van der Waals surface area contributed by atoms with Crippen molar-refractivity contribution < 1.29 is 14.3 Å². The summed E-state index contributed by atoms with van der Waals surface area (Å²) in [5.41, 5.74) is 0.777. The molecule has 0 atom stereocenters. The topological polar surface area (TPSA) is 82.4 Å². The van der Waals surface area contributed by atoms with Gasteiger partial charge in [0.05, 0.1) is 25.6 Å². The van der Waals surface area contributed by atoms with Crippen LogP contribution in [0, 0.1) is 0 Å². The minimum absolute atomic E-state index is 0.165. The molecule has 0 aliphatic heterocycles. The monoisotopic (exact) mass is 381 g/mol. The lowest BCUT2D eigenvalue weighted by Gasteiger charge is -2.14. The van der Waals surface area contributed by atoms with Crippen LogP contribution in [0.4, 0.5) is 0 Å². The van der Waals surface area contributed by atoms with E-state index in [1.54, 1.807) is 56.7 Å². The molecule has 0 bridgehead atoms. The fourth-order valence-electron chi connectivity index (χ4n) is 3.00. The van der Waals surface area contributed by atoms with E-state index in [9.17, 15) is 9.59 Å². The summed E-state index contributed by atoms with van der Waals surface area (Å²) in [5, 5.41) is 8.19. The zero-order chi connectivity index (χ0) is 20.3. The van der Waals surface area contributed by atoms with Crippen molar-refractivity contribution in [1.29, 1.82) is 0 Å². The second-order valence-electron chi connectivity index (χ2n) is 6.60. The summed E-state index contributed by atoms with van der Waals surface area (Å²) in [6, 6.07) is 12.2. The summed E-state index contributed by atoms with van der Waals surface area (Å²) in [4.78, 5) is 25.5. The summed E-state index contributed by atoms with van der Waals surface area (Å²) in [6.07, 6.45) is 0. The number of aromatic nitrogens is 2. The number of amides is 1. The molecular formula is C21H23N3O4. The summed E-state index contributed by atoms with van der Waals surface area (Å²) in [5.74, 6) is 0.948. The molecule has 0 aliphatic carbocycles. The van der Waals surface area contributed by atoms with E-state index in [1.807, 2.05) is 13.8 Å². The normalized spacial score (nSPS) is 10.9. The Bertz CT molecular complexity index is 1070. The molecule has 28 heavy (non-hydrogen) atoms. The fraction of sp³-hybridized carbons (Fsp3) is 0.286. The highest BCUT2D eigenvalue weighted by Gasteiger charge is 2.18. The van der Waals surface area contributed by atoms with Gasteiger partial charge in [-0.05, 0) is 38.1 Å². The summed E-state index contributed by atoms with van der Waals surface area (Å²) >= 11 is 0. The second kappa shape index (κ2) is 8.12. The van der Waals surface area contributed by atoms with E-state index in [1.165, 1.54) is 4.68 Å². The van der Waals surface area contributed by atoms with Gasteiger partial charge in [0.15, 0.2) is 5.69 Å². The maximum Gasteiger partial charge on any atom is 0.274 e. The number of hydrogen-bond acceptors (Lipinski definition) is 5. The highest BCUT2D eigenvalue weighted by atomic mass is 16.5. The van der Waals surface area contributed by atoms with E-state index < -0.39 is 0 Å². The van der Waals surface area contributed by atoms with Crippen molar-refractivity contribution in [3.8, 4) is 11.5 Å². The van der Waals surface area contributed by atoms with Gasteiger partial charge < -0.3 is 14.8 Å². The van der Waals surface area contributed by atoms with Gasteiger partial charge in [0, 0.05) is 17.5 Å². The number of carbonyl (C=O) groups is 1. The van der Waals surface area contributed by atoms with Gasteiger partial charge in [-0.3, -0.25) is 9.59 Å². The van der Waals surface area contributed by atoms with Crippen LogP contribution in [0.15, 0.2) is 47.3 Å². The Kier molecular flexibility index (Phi) is 5.63. The van der Waals surface area contributed by atoms with Crippen LogP contribution in [-0.2, 0) is 6.54 Å². The number of fused-ring (bicyclic) bond motifs is 1. The van der Waals surface area contributed by atoms with Gasteiger partial charge in [0.1, 0.15) is 11.5 Å². The minimum atomic E-state index is -0.365. The Hall–Kier alpha value is -3.35. The van der Waals surface area contributed by atoms with Gasteiger partial charge in [-0.15, -0.1) is 0 Å². The molecule has 0 spiro atoms. The van der Waals surface area contributed by atoms with E-state index in [-0.39, 0.29) is 29.7 Å². The molecule has 1 aromatic heterocycles. The molecule has 1 N–H and O–H groups in total. The van der Waals surface area contributed by atoms with Crippen LogP contribution in [0.25, 0.3) is 10.8 Å². The third-order valence-corrected chi connectivity index (χ3v) is 4.46. The van der Waals surface area contributed by atoms with Gasteiger partial charge in [-0.1, -0.05) is 18.2 Å². The SMILES string of the molecule is COc1ccc(OC)c(CNC(=O)c2nn(C(C)C)c(=O)c3ccccc23)c1. The number of ether oxygens (including phenoxy) is 2. The summed E-state index contributed by atoms with van der Waals surface area (Å²) < 4.78 is 11.9. The van der Waals surface area contributed by atoms with Crippen molar-refractivity contribution >= 4 is 16.7 Å². The fourth-order valence-corrected chi connectivity index (χ4v) is 3.00. The van der Waals surface area contributed by atoms with Crippen LogP contribution in [0.5, 0.6) is 11.5 Å². The molecule has 3 rings (SSSR count). The van der Waals surface area contributed by atoms with Crippen molar-refractivity contribution in [1.82, 2.24) is 15.1 Å². The molecule has 0 fully saturated rings. The largest absolute Gasteiger partial charge is 0.497 e. The van der Waals surface area contributed by atoms with Gasteiger partial charge in [0.25, 0.3) is 11.5 Å². The lowest BCUT2D eigenvalue weighted by Crippen LogP contribution is -2.31. The van der Waals surface area contributed by atoms with E-state index in [2.05, 4.69) is 10.4 Å². The molecule has 146 valence electrons. The van der Waals surface area contributed by atoms with Gasteiger partial charge in [0.2, 0.25) is 0 Å². The predicted molar refractivity (Wildman–Crippen MR) is 107 cm³/mol.